The first-order chi connectivity index (χ1) is 12.0. The van der Waals surface area contributed by atoms with E-state index in [0.717, 1.165) is 16.7 Å². The molecule has 2 atom stereocenters. The summed E-state index contributed by atoms with van der Waals surface area (Å²) in [6, 6.07) is 7.36. The molecule has 132 valence electrons. The summed E-state index contributed by atoms with van der Waals surface area (Å²) in [4.78, 5) is 2.11. The van der Waals surface area contributed by atoms with Gasteiger partial charge in [-0.15, -0.1) is 0 Å². The van der Waals surface area contributed by atoms with E-state index >= 15 is 0 Å². The SMILES string of the molecule is COc1ccc2c(c1O)Oc1c(OC)ccc3c1[C@@H](C2)N(C)C[C@H]3O. The quantitative estimate of drug-likeness (QED) is 0.874. The topological polar surface area (TPSA) is 71.4 Å². The summed E-state index contributed by atoms with van der Waals surface area (Å²) in [6.45, 7) is 0.543. The highest BCUT2D eigenvalue weighted by Gasteiger charge is 2.38. The zero-order valence-corrected chi connectivity index (χ0v) is 14.4. The zero-order chi connectivity index (χ0) is 17.7. The number of aliphatic hydroxyl groups is 1. The summed E-state index contributed by atoms with van der Waals surface area (Å²) in [7, 11) is 5.07. The second kappa shape index (κ2) is 5.82. The zero-order valence-electron chi connectivity index (χ0n) is 14.4. The molecule has 0 fully saturated rings. The predicted molar refractivity (Wildman–Crippen MR) is 91.8 cm³/mol. The first kappa shape index (κ1) is 16.1. The molecule has 2 aromatic carbocycles. The molecule has 0 saturated heterocycles. The number of hydrogen-bond acceptors (Lipinski definition) is 6. The Kier molecular flexibility index (Phi) is 3.74. The Labute approximate surface area is 146 Å². The van der Waals surface area contributed by atoms with E-state index in [1.54, 1.807) is 19.2 Å². The number of hydrogen-bond donors (Lipinski definition) is 2. The lowest BCUT2D eigenvalue weighted by atomic mass is 9.87. The highest BCUT2D eigenvalue weighted by Crippen LogP contribution is 2.53. The van der Waals surface area contributed by atoms with E-state index in [2.05, 4.69) is 4.90 Å². The van der Waals surface area contributed by atoms with E-state index in [0.29, 0.717) is 36.0 Å². The van der Waals surface area contributed by atoms with Crippen LogP contribution in [0.5, 0.6) is 28.7 Å². The fourth-order valence-corrected chi connectivity index (χ4v) is 3.82. The van der Waals surface area contributed by atoms with Crippen LogP contribution in [0.15, 0.2) is 24.3 Å². The Hall–Kier alpha value is -2.44. The van der Waals surface area contributed by atoms with Gasteiger partial charge >= 0.3 is 0 Å². The number of fused-ring (bicyclic) bond motifs is 1. The lowest BCUT2D eigenvalue weighted by Gasteiger charge is -2.37. The molecule has 2 heterocycles. The number of ether oxygens (including phenoxy) is 3. The van der Waals surface area contributed by atoms with Gasteiger partial charge in [-0.25, -0.2) is 0 Å². The molecule has 0 unspecified atom stereocenters. The van der Waals surface area contributed by atoms with Crippen molar-refractivity contribution in [2.24, 2.45) is 0 Å². The predicted octanol–water partition coefficient (Wildman–Crippen LogP) is 2.78. The van der Waals surface area contributed by atoms with Crippen LogP contribution in [0.3, 0.4) is 0 Å². The van der Waals surface area contributed by atoms with Crippen LogP contribution in [0.25, 0.3) is 0 Å². The van der Waals surface area contributed by atoms with E-state index < -0.39 is 6.10 Å². The minimum Gasteiger partial charge on any atom is -0.502 e. The number of rotatable bonds is 2. The summed E-state index contributed by atoms with van der Waals surface area (Å²) in [5, 5.41) is 21.1. The molecular formula is C19H21NO5. The van der Waals surface area contributed by atoms with Gasteiger partial charge in [-0.1, -0.05) is 12.1 Å². The van der Waals surface area contributed by atoms with E-state index in [9.17, 15) is 10.2 Å². The number of aromatic hydroxyl groups is 1. The average molecular weight is 343 g/mol. The van der Waals surface area contributed by atoms with Gasteiger partial charge < -0.3 is 24.4 Å². The van der Waals surface area contributed by atoms with Crippen LogP contribution >= 0.6 is 0 Å². The molecule has 6 nitrogen and oxygen atoms in total. The van der Waals surface area contributed by atoms with E-state index in [1.165, 1.54) is 7.11 Å². The van der Waals surface area contributed by atoms with Crippen LogP contribution in [0.1, 0.15) is 28.8 Å². The fraction of sp³-hybridized carbons (Fsp3) is 0.368. The third kappa shape index (κ3) is 2.33. The molecule has 0 amide bonds. The Bertz CT molecular complexity index is 835. The van der Waals surface area contributed by atoms with Gasteiger partial charge in [-0.2, -0.15) is 0 Å². The summed E-state index contributed by atoms with van der Waals surface area (Å²) < 4.78 is 16.8. The molecule has 2 aliphatic heterocycles. The number of phenols is 1. The summed E-state index contributed by atoms with van der Waals surface area (Å²) in [5.74, 6) is 1.82. The van der Waals surface area contributed by atoms with Crippen LogP contribution in [0, 0.1) is 0 Å². The first-order valence-corrected chi connectivity index (χ1v) is 8.21. The molecule has 0 aromatic heterocycles. The minimum atomic E-state index is -0.589. The first-order valence-electron chi connectivity index (χ1n) is 8.21. The molecule has 0 bridgehead atoms. The second-order valence-electron chi connectivity index (χ2n) is 6.48. The Balaban J connectivity index is 1.98. The summed E-state index contributed by atoms with van der Waals surface area (Å²) >= 11 is 0. The molecule has 0 saturated carbocycles. The molecule has 2 aromatic rings. The number of likely N-dealkylation sites (N-methyl/N-ethyl adjacent to an activating group) is 1. The van der Waals surface area contributed by atoms with Crippen molar-refractivity contribution in [1.29, 1.82) is 0 Å². The van der Waals surface area contributed by atoms with Gasteiger partial charge in [0.1, 0.15) is 0 Å². The molecule has 2 aliphatic rings. The summed E-state index contributed by atoms with van der Waals surface area (Å²) in [6.07, 6.45) is 0.0670. The molecule has 4 rings (SSSR count). The van der Waals surface area contributed by atoms with Crippen LogP contribution < -0.4 is 14.2 Å². The third-order valence-corrected chi connectivity index (χ3v) is 5.11. The average Bonchev–Trinajstić information content (AvgIpc) is 2.78. The smallest absolute Gasteiger partial charge is 0.201 e. The van der Waals surface area contributed by atoms with Crippen LogP contribution in [-0.2, 0) is 6.42 Å². The van der Waals surface area contributed by atoms with Crippen molar-refractivity contribution < 1.29 is 24.4 Å². The number of methoxy groups -OCH3 is 2. The van der Waals surface area contributed by atoms with Gasteiger partial charge in [0.15, 0.2) is 23.0 Å². The number of benzene rings is 2. The van der Waals surface area contributed by atoms with Crippen molar-refractivity contribution >= 4 is 0 Å². The standard InChI is InChI=1S/C19H21NO5/c1-20-9-13(21)11-5-7-15(24-3)19-16(11)12(20)8-10-4-6-14(23-2)17(22)18(10)25-19/h4-7,12-13,21-22H,8-9H2,1-3H3/t12-,13-/m1/s1. The van der Waals surface area contributed by atoms with Gasteiger partial charge in [-0.3, -0.25) is 4.90 Å². The van der Waals surface area contributed by atoms with Crippen molar-refractivity contribution in [2.45, 2.75) is 18.6 Å². The molecule has 6 heteroatoms. The lowest BCUT2D eigenvalue weighted by molar-refractivity contribution is 0.0832. The van der Waals surface area contributed by atoms with E-state index in [1.807, 2.05) is 19.2 Å². The number of aliphatic hydroxyl groups excluding tert-OH is 1. The third-order valence-electron chi connectivity index (χ3n) is 5.11. The Morgan fingerprint density at radius 3 is 2.52 bits per heavy atom. The Morgan fingerprint density at radius 2 is 1.80 bits per heavy atom. The molecule has 0 aliphatic carbocycles. The maximum atomic E-state index is 10.6. The van der Waals surface area contributed by atoms with Crippen LogP contribution in [0.2, 0.25) is 0 Å². The maximum absolute atomic E-state index is 10.6. The molecule has 2 N–H and O–H groups in total. The second-order valence-corrected chi connectivity index (χ2v) is 6.48. The largest absolute Gasteiger partial charge is 0.502 e. The monoisotopic (exact) mass is 343 g/mol. The molecule has 25 heavy (non-hydrogen) atoms. The van der Waals surface area contributed by atoms with Crippen molar-refractivity contribution in [3.05, 3.63) is 41.0 Å². The molecular weight excluding hydrogens is 322 g/mol. The van der Waals surface area contributed by atoms with Gasteiger partial charge in [-0.05, 0) is 31.2 Å². The number of phenolic OH excluding ortho intramolecular Hbond substituents is 1. The highest BCUT2D eigenvalue weighted by atomic mass is 16.5. The minimum absolute atomic E-state index is 0.0255. The van der Waals surface area contributed by atoms with Gasteiger partial charge in [0.25, 0.3) is 0 Å². The fourth-order valence-electron chi connectivity index (χ4n) is 3.82. The van der Waals surface area contributed by atoms with Crippen molar-refractivity contribution in [3.63, 3.8) is 0 Å². The van der Waals surface area contributed by atoms with E-state index in [-0.39, 0.29) is 11.8 Å². The van der Waals surface area contributed by atoms with Gasteiger partial charge in [0.2, 0.25) is 5.75 Å². The number of β-amino-alcohol motifs (C(OH)–C–C–N with tert-alkyl or cyclic N) is 1. The normalized spacial score (nSPS) is 21.6. The Morgan fingerprint density at radius 1 is 1.08 bits per heavy atom. The molecule has 0 spiro atoms. The lowest BCUT2D eigenvalue weighted by Crippen LogP contribution is -2.35. The van der Waals surface area contributed by atoms with Crippen LogP contribution in [0.4, 0.5) is 0 Å². The maximum Gasteiger partial charge on any atom is 0.201 e. The van der Waals surface area contributed by atoms with Crippen molar-refractivity contribution in [2.75, 3.05) is 27.8 Å². The van der Waals surface area contributed by atoms with Crippen LogP contribution in [-0.4, -0.2) is 42.9 Å². The van der Waals surface area contributed by atoms with Crippen molar-refractivity contribution in [3.8, 4) is 28.7 Å². The van der Waals surface area contributed by atoms with E-state index in [4.69, 9.17) is 14.2 Å². The molecule has 0 radical (unpaired) electrons. The highest BCUT2D eigenvalue weighted by molar-refractivity contribution is 5.63. The van der Waals surface area contributed by atoms with Gasteiger partial charge in [0, 0.05) is 23.7 Å². The van der Waals surface area contributed by atoms with Crippen molar-refractivity contribution in [1.82, 2.24) is 4.90 Å². The van der Waals surface area contributed by atoms with Gasteiger partial charge in [0.05, 0.1) is 20.3 Å². The number of nitrogens with zero attached hydrogens (tertiary/aromatic N) is 1. The summed E-state index contributed by atoms with van der Waals surface area (Å²) in [5.41, 5.74) is 2.64.